The number of ketones is 1. The Morgan fingerprint density at radius 1 is 1.07 bits per heavy atom. The molecule has 7 nitrogen and oxygen atoms in total. The minimum Gasteiger partial charge on any atom is -0.475 e. The number of ether oxygens (including phenoxy) is 1. The Kier molecular flexibility index (Phi) is 5.03. The van der Waals surface area contributed by atoms with Gasteiger partial charge in [-0.1, -0.05) is 0 Å². The van der Waals surface area contributed by atoms with E-state index in [1.165, 1.54) is 0 Å². The molecule has 0 aliphatic rings. The van der Waals surface area contributed by atoms with Gasteiger partial charge in [-0.3, -0.25) is 14.8 Å². The number of hydrogen-bond acceptors (Lipinski definition) is 6. The summed E-state index contributed by atoms with van der Waals surface area (Å²) in [7, 11) is 1.93. The second-order valence-corrected chi connectivity index (χ2v) is 7.13. The van der Waals surface area contributed by atoms with E-state index in [9.17, 15) is 4.79 Å². The second kappa shape index (κ2) is 7.79. The van der Waals surface area contributed by atoms with Gasteiger partial charge in [0.15, 0.2) is 5.78 Å². The Hall–Kier alpha value is -3.61. The molecule has 29 heavy (non-hydrogen) atoms. The molecule has 0 atom stereocenters. The average molecular weight is 387 g/mol. The number of carbonyl (C=O) groups excluding carboxylic acids is 1. The van der Waals surface area contributed by atoms with Gasteiger partial charge in [0.2, 0.25) is 5.88 Å². The number of fused-ring (bicyclic) bond motifs is 1. The fourth-order valence-electron chi connectivity index (χ4n) is 3.08. The number of aromatic nitrogens is 5. The molecule has 0 aliphatic heterocycles. The first kappa shape index (κ1) is 18.7. The van der Waals surface area contributed by atoms with E-state index in [-0.39, 0.29) is 18.3 Å². The molecule has 0 radical (unpaired) electrons. The van der Waals surface area contributed by atoms with Crippen molar-refractivity contribution in [3.63, 3.8) is 0 Å². The zero-order chi connectivity index (χ0) is 20.4. The summed E-state index contributed by atoms with van der Waals surface area (Å²) in [4.78, 5) is 30.0. The summed E-state index contributed by atoms with van der Waals surface area (Å²) in [6.07, 6.45) is 8.84. The highest BCUT2D eigenvalue weighted by Gasteiger charge is 2.12. The van der Waals surface area contributed by atoms with E-state index in [0.29, 0.717) is 17.1 Å². The van der Waals surface area contributed by atoms with Gasteiger partial charge in [0, 0.05) is 48.3 Å². The summed E-state index contributed by atoms with van der Waals surface area (Å²) in [5.41, 5.74) is 3.01. The van der Waals surface area contributed by atoms with Crippen molar-refractivity contribution in [2.75, 3.05) is 0 Å². The first-order valence-electron chi connectivity index (χ1n) is 9.37. The molecule has 0 spiro atoms. The van der Waals surface area contributed by atoms with Crippen molar-refractivity contribution < 1.29 is 9.53 Å². The van der Waals surface area contributed by atoms with Crippen molar-refractivity contribution in [3.05, 3.63) is 66.6 Å². The van der Waals surface area contributed by atoms with E-state index < -0.39 is 0 Å². The predicted octanol–water partition coefficient (Wildman–Crippen LogP) is 3.64. The van der Waals surface area contributed by atoms with Crippen LogP contribution in [0.1, 0.15) is 29.9 Å². The minimum atomic E-state index is -0.0335. The Bertz CT molecular complexity index is 1180. The third-order valence-electron chi connectivity index (χ3n) is 4.49. The standard InChI is InChI=1S/C22H21N5O2/c1-14(2)29-22-8-15(4-5-24-22)21(28)9-18-6-16-7-19(20-12-23-13-27(20)3)26-11-17(16)10-25-18/h4-8,10-14H,9H2,1-3H3. The number of rotatable bonds is 6. The third kappa shape index (κ3) is 4.13. The van der Waals surface area contributed by atoms with Crippen molar-refractivity contribution in [2.24, 2.45) is 7.05 Å². The number of Topliss-reactive ketones (excluding diaryl/α,β-unsaturated/α-hetero) is 1. The first-order chi connectivity index (χ1) is 14.0. The number of nitrogens with zero attached hydrogens (tertiary/aromatic N) is 5. The van der Waals surface area contributed by atoms with Crippen molar-refractivity contribution in [1.82, 2.24) is 24.5 Å². The Balaban J connectivity index is 1.59. The monoisotopic (exact) mass is 387 g/mol. The molecule has 0 unspecified atom stereocenters. The van der Waals surface area contributed by atoms with Gasteiger partial charge in [-0.15, -0.1) is 0 Å². The molecule has 0 aromatic carbocycles. The summed E-state index contributed by atoms with van der Waals surface area (Å²) < 4.78 is 7.49. The molecule has 0 bridgehead atoms. The number of hydrogen-bond donors (Lipinski definition) is 0. The van der Waals surface area contributed by atoms with Crippen LogP contribution in [-0.4, -0.2) is 36.4 Å². The highest BCUT2D eigenvalue weighted by molar-refractivity contribution is 5.98. The first-order valence-corrected chi connectivity index (χ1v) is 9.37. The minimum absolute atomic E-state index is 0.00256. The van der Waals surface area contributed by atoms with Gasteiger partial charge in [0.05, 0.1) is 36.4 Å². The molecule has 0 N–H and O–H groups in total. The topological polar surface area (TPSA) is 82.8 Å². The lowest BCUT2D eigenvalue weighted by Gasteiger charge is -2.09. The van der Waals surface area contributed by atoms with Crippen molar-refractivity contribution in [3.8, 4) is 17.3 Å². The smallest absolute Gasteiger partial charge is 0.214 e. The maximum atomic E-state index is 12.7. The normalized spacial score (nSPS) is 11.2. The van der Waals surface area contributed by atoms with Gasteiger partial charge in [0.1, 0.15) is 0 Å². The summed E-state index contributed by atoms with van der Waals surface area (Å²) >= 11 is 0. The molecule has 0 amide bonds. The molecule has 4 heterocycles. The molecular formula is C22H21N5O2. The Morgan fingerprint density at radius 3 is 2.66 bits per heavy atom. The average Bonchev–Trinajstić information content (AvgIpc) is 3.13. The molecule has 0 saturated heterocycles. The lowest BCUT2D eigenvalue weighted by Crippen LogP contribution is -2.09. The van der Waals surface area contributed by atoms with Crippen LogP contribution in [0.2, 0.25) is 0 Å². The SMILES string of the molecule is CC(C)Oc1cc(C(=O)Cc2cc3cc(-c4cncn4C)ncc3cn2)ccn1. The molecule has 0 saturated carbocycles. The molecular weight excluding hydrogens is 366 g/mol. The van der Waals surface area contributed by atoms with Gasteiger partial charge in [-0.05, 0) is 37.4 Å². The van der Waals surface area contributed by atoms with Crippen LogP contribution < -0.4 is 4.74 Å². The number of carbonyl (C=O) groups is 1. The van der Waals surface area contributed by atoms with Crippen molar-refractivity contribution in [1.29, 1.82) is 0 Å². The molecule has 4 aromatic rings. The summed E-state index contributed by atoms with van der Waals surface area (Å²) in [6, 6.07) is 7.29. The van der Waals surface area contributed by atoms with Gasteiger partial charge in [-0.2, -0.15) is 0 Å². The van der Waals surface area contributed by atoms with Gasteiger partial charge in [-0.25, -0.2) is 9.97 Å². The van der Waals surface area contributed by atoms with Crippen LogP contribution in [0, 0.1) is 0 Å². The van der Waals surface area contributed by atoms with Crippen LogP contribution in [0.3, 0.4) is 0 Å². The predicted molar refractivity (Wildman–Crippen MR) is 110 cm³/mol. The highest BCUT2D eigenvalue weighted by atomic mass is 16.5. The zero-order valence-electron chi connectivity index (χ0n) is 16.5. The van der Waals surface area contributed by atoms with Crippen LogP contribution >= 0.6 is 0 Å². The largest absolute Gasteiger partial charge is 0.475 e. The lowest BCUT2D eigenvalue weighted by molar-refractivity contribution is 0.0991. The van der Waals surface area contributed by atoms with Crippen LogP contribution in [0.4, 0.5) is 0 Å². The lowest BCUT2D eigenvalue weighted by atomic mass is 10.1. The number of pyridine rings is 3. The van der Waals surface area contributed by atoms with E-state index in [1.807, 2.05) is 37.6 Å². The van der Waals surface area contributed by atoms with Crippen LogP contribution in [0.15, 0.2) is 55.4 Å². The van der Waals surface area contributed by atoms with Gasteiger partial charge >= 0.3 is 0 Å². The Labute approximate surface area is 168 Å². The summed E-state index contributed by atoms with van der Waals surface area (Å²) in [5.74, 6) is 0.415. The van der Waals surface area contributed by atoms with E-state index >= 15 is 0 Å². The van der Waals surface area contributed by atoms with Crippen LogP contribution in [-0.2, 0) is 13.5 Å². The van der Waals surface area contributed by atoms with Crippen molar-refractivity contribution in [2.45, 2.75) is 26.4 Å². The fraction of sp³-hybridized carbons (Fsp3) is 0.227. The molecule has 4 rings (SSSR count). The van der Waals surface area contributed by atoms with Gasteiger partial charge < -0.3 is 9.30 Å². The number of aryl methyl sites for hydroxylation is 1. The maximum absolute atomic E-state index is 12.7. The van der Waals surface area contributed by atoms with Crippen LogP contribution in [0.25, 0.3) is 22.2 Å². The van der Waals surface area contributed by atoms with E-state index in [0.717, 1.165) is 22.2 Å². The molecule has 146 valence electrons. The molecule has 7 heteroatoms. The van der Waals surface area contributed by atoms with E-state index in [4.69, 9.17) is 4.74 Å². The molecule has 4 aromatic heterocycles. The number of imidazole rings is 1. The second-order valence-electron chi connectivity index (χ2n) is 7.13. The van der Waals surface area contributed by atoms with E-state index in [2.05, 4.69) is 19.9 Å². The third-order valence-corrected chi connectivity index (χ3v) is 4.49. The quantitative estimate of drug-likeness (QED) is 0.470. The maximum Gasteiger partial charge on any atom is 0.214 e. The van der Waals surface area contributed by atoms with E-state index in [1.54, 1.807) is 43.2 Å². The zero-order valence-corrected chi connectivity index (χ0v) is 16.5. The van der Waals surface area contributed by atoms with Crippen molar-refractivity contribution >= 4 is 16.6 Å². The molecule has 0 fully saturated rings. The van der Waals surface area contributed by atoms with Crippen LogP contribution in [0.5, 0.6) is 5.88 Å². The molecule has 0 aliphatic carbocycles. The summed E-state index contributed by atoms with van der Waals surface area (Å²) in [5, 5.41) is 1.90. The Morgan fingerprint density at radius 2 is 1.90 bits per heavy atom. The fourth-order valence-corrected chi connectivity index (χ4v) is 3.08. The highest BCUT2D eigenvalue weighted by Crippen LogP contribution is 2.22. The van der Waals surface area contributed by atoms with Gasteiger partial charge in [0.25, 0.3) is 0 Å². The summed E-state index contributed by atoms with van der Waals surface area (Å²) in [6.45, 7) is 3.84.